The summed E-state index contributed by atoms with van der Waals surface area (Å²) >= 11 is 0. The van der Waals surface area contributed by atoms with E-state index >= 15 is 0 Å². The molecule has 2 fully saturated rings. The predicted molar refractivity (Wildman–Crippen MR) is 65.1 cm³/mol. The van der Waals surface area contributed by atoms with Crippen LogP contribution in [-0.2, 0) is 9.59 Å². The minimum Gasteiger partial charge on any atom is -0.475 e. The number of carboxylic acid groups (broad SMARTS) is 1. The smallest absolute Gasteiger partial charge is 0.475 e. The number of carbonyl (C=O) groups is 2. The lowest BCUT2D eigenvalue weighted by molar-refractivity contribution is -0.192. The first-order valence-electron chi connectivity index (χ1n) is 6.58. The van der Waals surface area contributed by atoms with Crippen LogP contribution in [0.1, 0.15) is 26.2 Å². The molecular weight excluding hydrogens is 277 g/mol. The zero-order valence-electron chi connectivity index (χ0n) is 11.2. The molecule has 0 aromatic carbocycles. The average molecular weight is 296 g/mol. The number of alkyl halides is 3. The van der Waals surface area contributed by atoms with Crippen LogP contribution >= 0.6 is 0 Å². The van der Waals surface area contributed by atoms with Crippen molar-refractivity contribution in [3.05, 3.63) is 0 Å². The topological polar surface area (TPSA) is 69.6 Å². The molecule has 2 aliphatic rings. The van der Waals surface area contributed by atoms with Gasteiger partial charge in [-0.25, -0.2) is 4.79 Å². The van der Waals surface area contributed by atoms with Gasteiger partial charge < -0.3 is 15.3 Å². The minimum atomic E-state index is -5.08. The number of nitrogens with zero attached hydrogens (tertiary/aromatic N) is 1. The maximum Gasteiger partial charge on any atom is 0.490 e. The Hall–Kier alpha value is -1.31. The molecule has 1 amide bonds. The van der Waals surface area contributed by atoms with Crippen LogP contribution in [0.25, 0.3) is 0 Å². The van der Waals surface area contributed by atoms with E-state index in [2.05, 4.69) is 17.1 Å². The van der Waals surface area contributed by atoms with Gasteiger partial charge in [0.05, 0.1) is 0 Å². The van der Waals surface area contributed by atoms with Crippen LogP contribution in [0.5, 0.6) is 0 Å². The van der Waals surface area contributed by atoms with Crippen molar-refractivity contribution >= 4 is 11.9 Å². The number of amides is 1. The fourth-order valence-corrected chi connectivity index (χ4v) is 1.98. The first kappa shape index (κ1) is 16.7. The van der Waals surface area contributed by atoms with Crippen LogP contribution in [0.4, 0.5) is 13.2 Å². The molecule has 0 aromatic rings. The molecule has 1 atom stereocenters. The number of rotatable bonds is 2. The average Bonchev–Trinajstić information content (AvgIpc) is 3.21. The van der Waals surface area contributed by atoms with Gasteiger partial charge in [0.1, 0.15) is 0 Å². The predicted octanol–water partition coefficient (Wildman–Crippen LogP) is 1.24. The summed E-state index contributed by atoms with van der Waals surface area (Å²) < 4.78 is 31.7. The molecule has 0 radical (unpaired) electrons. The third-order valence-corrected chi connectivity index (χ3v) is 3.27. The quantitative estimate of drug-likeness (QED) is 0.804. The molecule has 20 heavy (non-hydrogen) atoms. The number of halogens is 3. The number of aliphatic carboxylic acids is 1. The zero-order valence-corrected chi connectivity index (χ0v) is 11.2. The van der Waals surface area contributed by atoms with Crippen LogP contribution in [0, 0.1) is 5.92 Å². The molecule has 116 valence electrons. The van der Waals surface area contributed by atoms with E-state index < -0.39 is 12.1 Å². The van der Waals surface area contributed by atoms with Crippen molar-refractivity contribution in [3.8, 4) is 0 Å². The Morgan fingerprint density at radius 2 is 1.90 bits per heavy atom. The number of hydrogen-bond donors (Lipinski definition) is 2. The Bertz CT molecular complexity index is 356. The number of nitrogens with one attached hydrogen (secondary N) is 1. The van der Waals surface area contributed by atoms with Crippen LogP contribution in [0.3, 0.4) is 0 Å². The van der Waals surface area contributed by atoms with Crippen LogP contribution in [-0.4, -0.2) is 53.7 Å². The molecule has 0 spiro atoms. The number of hydrogen-bond acceptors (Lipinski definition) is 3. The third kappa shape index (κ3) is 4.99. The van der Waals surface area contributed by atoms with Crippen molar-refractivity contribution in [3.63, 3.8) is 0 Å². The van der Waals surface area contributed by atoms with E-state index in [4.69, 9.17) is 9.90 Å². The second-order valence-electron chi connectivity index (χ2n) is 4.88. The van der Waals surface area contributed by atoms with E-state index in [1.54, 1.807) is 0 Å². The Morgan fingerprint density at radius 3 is 2.30 bits per heavy atom. The van der Waals surface area contributed by atoms with E-state index in [1.807, 2.05) is 0 Å². The van der Waals surface area contributed by atoms with Gasteiger partial charge in [-0.15, -0.1) is 0 Å². The van der Waals surface area contributed by atoms with Crippen LogP contribution in [0.15, 0.2) is 0 Å². The summed E-state index contributed by atoms with van der Waals surface area (Å²) in [6, 6.07) is 0.446. The molecule has 1 heterocycles. The van der Waals surface area contributed by atoms with Crippen molar-refractivity contribution < 1.29 is 27.9 Å². The van der Waals surface area contributed by atoms with Gasteiger partial charge in [0.15, 0.2) is 0 Å². The summed E-state index contributed by atoms with van der Waals surface area (Å²) in [6.07, 6.45) is -1.76. The van der Waals surface area contributed by atoms with Crippen molar-refractivity contribution in [2.24, 2.45) is 5.92 Å². The zero-order chi connectivity index (χ0) is 15.3. The Labute approximate surface area is 115 Å². The van der Waals surface area contributed by atoms with E-state index in [0.29, 0.717) is 17.9 Å². The molecule has 1 aliphatic carbocycles. The Morgan fingerprint density at radius 1 is 1.35 bits per heavy atom. The number of piperazine rings is 1. The summed E-state index contributed by atoms with van der Waals surface area (Å²) in [4.78, 5) is 22.8. The van der Waals surface area contributed by atoms with Crippen LogP contribution < -0.4 is 5.32 Å². The normalized spacial score (nSPS) is 22.8. The van der Waals surface area contributed by atoms with Gasteiger partial charge in [-0.3, -0.25) is 4.79 Å². The fourth-order valence-electron chi connectivity index (χ4n) is 1.98. The van der Waals surface area contributed by atoms with Crippen molar-refractivity contribution in [2.45, 2.75) is 38.4 Å². The van der Waals surface area contributed by atoms with Crippen molar-refractivity contribution in [1.82, 2.24) is 10.2 Å². The first-order valence-corrected chi connectivity index (χ1v) is 6.58. The van der Waals surface area contributed by atoms with Gasteiger partial charge in [0, 0.05) is 31.6 Å². The van der Waals surface area contributed by atoms with Crippen LogP contribution in [0.2, 0.25) is 0 Å². The molecule has 8 heteroatoms. The number of carbonyl (C=O) groups excluding carboxylic acids is 1. The van der Waals surface area contributed by atoms with E-state index in [9.17, 15) is 18.0 Å². The maximum absolute atomic E-state index is 11.8. The lowest BCUT2D eigenvalue weighted by atomic mass is 10.1. The lowest BCUT2D eigenvalue weighted by Gasteiger charge is -2.35. The van der Waals surface area contributed by atoms with E-state index in [1.165, 1.54) is 0 Å². The second kappa shape index (κ2) is 6.92. The monoisotopic (exact) mass is 296 g/mol. The van der Waals surface area contributed by atoms with Gasteiger partial charge in [0.25, 0.3) is 0 Å². The highest BCUT2D eigenvalue weighted by molar-refractivity contribution is 5.81. The summed E-state index contributed by atoms with van der Waals surface area (Å²) in [5, 5.41) is 10.5. The lowest BCUT2D eigenvalue weighted by Crippen LogP contribution is -2.53. The van der Waals surface area contributed by atoms with Crippen molar-refractivity contribution in [1.29, 1.82) is 0 Å². The molecule has 1 saturated carbocycles. The highest BCUT2D eigenvalue weighted by Gasteiger charge is 2.38. The van der Waals surface area contributed by atoms with Gasteiger partial charge in [0.2, 0.25) is 5.91 Å². The molecule has 2 rings (SSSR count). The maximum atomic E-state index is 11.8. The third-order valence-electron chi connectivity index (χ3n) is 3.27. The standard InChI is InChI=1S/C10H18N2O.C2HF3O2/c1-2-9-7-11-5-6-12(9)10(13)8-3-4-8;3-2(4,5)1(6)7/h8-9,11H,2-7H2,1H3;(H,6,7)/t9-;/m0./s1. The summed E-state index contributed by atoms with van der Waals surface area (Å²) in [5.74, 6) is -1.96. The molecule has 0 aromatic heterocycles. The van der Waals surface area contributed by atoms with Crippen molar-refractivity contribution in [2.75, 3.05) is 19.6 Å². The minimum absolute atomic E-state index is 0.382. The molecule has 2 N–H and O–H groups in total. The largest absolute Gasteiger partial charge is 0.490 e. The molecule has 5 nitrogen and oxygen atoms in total. The highest BCUT2D eigenvalue weighted by atomic mass is 19.4. The fraction of sp³-hybridized carbons (Fsp3) is 0.833. The molecule has 1 aliphatic heterocycles. The Kier molecular flexibility index (Phi) is 5.79. The molecular formula is C12H19F3N2O3. The second-order valence-corrected chi connectivity index (χ2v) is 4.88. The van der Waals surface area contributed by atoms with Gasteiger partial charge in [-0.05, 0) is 19.3 Å². The SMILES string of the molecule is CC[C@H]1CNCCN1C(=O)C1CC1.O=C(O)C(F)(F)F. The highest BCUT2D eigenvalue weighted by Crippen LogP contribution is 2.32. The Balaban J connectivity index is 0.000000246. The molecule has 1 saturated heterocycles. The molecule has 0 unspecified atom stereocenters. The first-order chi connectivity index (χ1) is 9.27. The van der Waals surface area contributed by atoms with E-state index in [0.717, 1.165) is 38.9 Å². The van der Waals surface area contributed by atoms with Gasteiger partial charge in [-0.2, -0.15) is 13.2 Å². The van der Waals surface area contributed by atoms with Gasteiger partial charge in [-0.1, -0.05) is 6.92 Å². The van der Waals surface area contributed by atoms with E-state index in [-0.39, 0.29) is 0 Å². The molecule has 0 bridgehead atoms. The summed E-state index contributed by atoms with van der Waals surface area (Å²) in [6.45, 7) is 5.02. The number of carboxylic acids is 1. The summed E-state index contributed by atoms with van der Waals surface area (Å²) in [5.41, 5.74) is 0. The summed E-state index contributed by atoms with van der Waals surface area (Å²) in [7, 11) is 0. The van der Waals surface area contributed by atoms with Gasteiger partial charge >= 0.3 is 12.1 Å².